The van der Waals surface area contributed by atoms with Gasteiger partial charge in [0.2, 0.25) is 5.75 Å². The van der Waals surface area contributed by atoms with Crippen LogP contribution in [0.5, 0.6) is 23.0 Å². The highest BCUT2D eigenvalue weighted by atomic mass is 16.5. The Labute approximate surface area is 170 Å². The standard InChI is InChI=1S/C23H23NO5/c1-26-20-9-6-10-21(23(20)27-2)29-16-22(25)24-18-11-13-19(14-12-18)28-15-17-7-4-3-5-8-17/h3-14H,15-16H2,1-2H3,(H,24,25). The molecule has 0 spiro atoms. The van der Waals surface area contributed by atoms with Crippen molar-refractivity contribution < 1.29 is 23.7 Å². The van der Waals surface area contributed by atoms with Crippen molar-refractivity contribution >= 4 is 11.6 Å². The highest BCUT2D eigenvalue weighted by Gasteiger charge is 2.12. The predicted molar refractivity (Wildman–Crippen MR) is 111 cm³/mol. The number of ether oxygens (including phenoxy) is 4. The zero-order chi connectivity index (χ0) is 20.5. The topological polar surface area (TPSA) is 66.0 Å². The number of nitrogens with one attached hydrogen (secondary N) is 1. The molecule has 6 nitrogen and oxygen atoms in total. The zero-order valence-corrected chi connectivity index (χ0v) is 16.4. The van der Waals surface area contributed by atoms with Crippen molar-refractivity contribution in [3.05, 3.63) is 78.4 Å². The van der Waals surface area contributed by atoms with E-state index < -0.39 is 0 Å². The minimum atomic E-state index is -0.284. The first kappa shape index (κ1) is 20.1. The quantitative estimate of drug-likeness (QED) is 0.587. The Balaban J connectivity index is 1.51. The zero-order valence-electron chi connectivity index (χ0n) is 16.4. The summed E-state index contributed by atoms with van der Waals surface area (Å²) in [5.74, 6) is 1.86. The molecule has 0 aliphatic rings. The molecule has 0 aliphatic heterocycles. The number of carbonyl (C=O) groups is 1. The van der Waals surface area contributed by atoms with E-state index in [1.54, 1.807) is 37.4 Å². The molecule has 3 aromatic carbocycles. The van der Waals surface area contributed by atoms with Crippen molar-refractivity contribution in [1.82, 2.24) is 0 Å². The molecular weight excluding hydrogens is 370 g/mol. The Morgan fingerprint density at radius 2 is 1.52 bits per heavy atom. The van der Waals surface area contributed by atoms with Crippen molar-refractivity contribution in [1.29, 1.82) is 0 Å². The molecule has 29 heavy (non-hydrogen) atoms. The Morgan fingerprint density at radius 3 is 2.21 bits per heavy atom. The van der Waals surface area contributed by atoms with Crippen molar-refractivity contribution in [3.63, 3.8) is 0 Å². The first-order chi connectivity index (χ1) is 14.2. The van der Waals surface area contributed by atoms with Crippen LogP contribution in [-0.2, 0) is 11.4 Å². The number of para-hydroxylation sites is 1. The van der Waals surface area contributed by atoms with Crippen LogP contribution in [0.15, 0.2) is 72.8 Å². The molecule has 1 amide bonds. The number of amides is 1. The molecular formula is C23H23NO5. The normalized spacial score (nSPS) is 10.1. The van der Waals surface area contributed by atoms with Gasteiger partial charge in [0.15, 0.2) is 18.1 Å². The fourth-order valence-electron chi connectivity index (χ4n) is 2.69. The van der Waals surface area contributed by atoms with Crippen LogP contribution in [0.4, 0.5) is 5.69 Å². The minimum Gasteiger partial charge on any atom is -0.493 e. The van der Waals surface area contributed by atoms with Crippen LogP contribution >= 0.6 is 0 Å². The SMILES string of the molecule is COc1cccc(OCC(=O)Nc2ccc(OCc3ccccc3)cc2)c1OC. The Morgan fingerprint density at radius 1 is 0.793 bits per heavy atom. The van der Waals surface area contributed by atoms with Gasteiger partial charge >= 0.3 is 0 Å². The molecule has 0 bridgehead atoms. The summed E-state index contributed by atoms with van der Waals surface area (Å²) >= 11 is 0. The summed E-state index contributed by atoms with van der Waals surface area (Å²) in [5.41, 5.74) is 1.75. The van der Waals surface area contributed by atoms with Gasteiger partial charge in [-0.25, -0.2) is 0 Å². The molecule has 0 aromatic heterocycles. The smallest absolute Gasteiger partial charge is 0.262 e. The number of hydrogen-bond acceptors (Lipinski definition) is 5. The van der Waals surface area contributed by atoms with Gasteiger partial charge in [0.25, 0.3) is 5.91 Å². The van der Waals surface area contributed by atoms with Gasteiger partial charge in [-0.1, -0.05) is 36.4 Å². The maximum Gasteiger partial charge on any atom is 0.262 e. The largest absolute Gasteiger partial charge is 0.493 e. The number of methoxy groups -OCH3 is 2. The fourth-order valence-corrected chi connectivity index (χ4v) is 2.69. The van der Waals surface area contributed by atoms with Crippen molar-refractivity contribution in [2.45, 2.75) is 6.61 Å². The Kier molecular flexibility index (Phi) is 6.95. The second kappa shape index (κ2) is 10.0. The van der Waals surface area contributed by atoms with Crippen LogP contribution < -0.4 is 24.3 Å². The Hall–Kier alpha value is -3.67. The molecule has 0 radical (unpaired) electrons. The summed E-state index contributed by atoms with van der Waals surface area (Å²) in [6.45, 7) is 0.332. The van der Waals surface area contributed by atoms with Crippen molar-refractivity contribution in [2.75, 3.05) is 26.1 Å². The molecule has 0 atom stereocenters. The van der Waals surface area contributed by atoms with Crippen LogP contribution in [0.25, 0.3) is 0 Å². The van der Waals surface area contributed by atoms with Gasteiger partial charge in [0.1, 0.15) is 12.4 Å². The summed E-state index contributed by atoms with van der Waals surface area (Å²) in [6.07, 6.45) is 0. The highest BCUT2D eigenvalue weighted by Crippen LogP contribution is 2.36. The van der Waals surface area contributed by atoms with E-state index in [4.69, 9.17) is 18.9 Å². The van der Waals surface area contributed by atoms with E-state index >= 15 is 0 Å². The molecule has 0 saturated carbocycles. The second-order valence-electron chi connectivity index (χ2n) is 6.13. The van der Waals surface area contributed by atoms with E-state index in [1.165, 1.54) is 7.11 Å². The van der Waals surface area contributed by atoms with Gasteiger partial charge in [-0.05, 0) is 42.0 Å². The Bertz CT molecular complexity index is 926. The summed E-state index contributed by atoms with van der Waals surface area (Å²) in [5, 5.41) is 2.79. The fraction of sp³-hybridized carbons (Fsp3) is 0.174. The molecule has 0 fully saturated rings. The maximum absolute atomic E-state index is 12.2. The number of anilines is 1. The summed E-state index contributed by atoms with van der Waals surface area (Å²) in [7, 11) is 3.06. The molecule has 0 unspecified atom stereocenters. The third-order valence-corrected chi connectivity index (χ3v) is 4.11. The molecule has 6 heteroatoms. The number of hydrogen-bond donors (Lipinski definition) is 1. The second-order valence-corrected chi connectivity index (χ2v) is 6.13. The number of carbonyl (C=O) groups excluding carboxylic acids is 1. The van der Waals surface area contributed by atoms with Gasteiger partial charge in [-0.15, -0.1) is 0 Å². The van der Waals surface area contributed by atoms with Gasteiger partial charge in [-0.3, -0.25) is 4.79 Å². The average Bonchev–Trinajstić information content (AvgIpc) is 2.77. The van der Waals surface area contributed by atoms with E-state index in [0.29, 0.717) is 29.5 Å². The maximum atomic E-state index is 12.2. The monoisotopic (exact) mass is 393 g/mol. The van der Waals surface area contributed by atoms with E-state index in [9.17, 15) is 4.79 Å². The number of rotatable bonds is 9. The summed E-state index contributed by atoms with van der Waals surface area (Å²) < 4.78 is 21.8. The van der Waals surface area contributed by atoms with Crippen LogP contribution in [0, 0.1) is 0 Å². The van der Waals surface area contributed by atoms with Crippen molar-refractivity contribution in [3.8, 4) is 23.0 Å². The van der Waals surface area contributed by atoms with Crippen molar-refractivity contribution in [2.24, 2.45) is 0 Å². The van der Waals surface area contributed by atoms with Gasteiger partial charge < -0.3 is 24.3 Å². The van der Waals surface area contributed by atoms with Gasteiger partial charge in [0, 0.05) is 5.69 Å². The van der Waals surface area contributed by atoms with Gasteiger partial charge in [0.05, 0.1) is 14.2 Å². The summed E-state index contributed by atoms with van der Waals surface area (Å²) in [6, 6.07) is 22.3. The lowest BCUT2D eigenvalue weighted by Gasteiger charge is -2.13. The van der Waals surface area contributed by atoms with Crippen LogP contribution in [0.3, 0.4) is 0 Å². The lowest BCUT2D eigenvalue weighted by atomic mass is 10.2. The minimum absolute atomic E-state index is 0.157. The first-order valence-electron chi connectivity index (χ1n) is 9.10. The lowest BCUT2D eigenvalue weighted by Crippen LogP contribution is -2.20. The molecule has 0 heterocycles. The summed E-state index contributed by atoms with van der Waals surface area (Å²) in [4.78, 5) is 12.2. The highest BCUT2D eigenvalue weighted by molar-refractivity contribution is 5.91. The third kappa shape index (κ3) is 5.65. The number of benzene rings is 3. The van der Waals surface area contributed by atoms with Crippen LogP contribution in [-0.4, -0.2) is 26.7 Å². The molecule has 3 rings (SSSR count). The van der Waals surface area contributed by atoms with Crippen LogP contribution in [0.2, 0.25) is 0 Å². The lowest BCUT2D eigenvalue weighted by molar-refractivity contribution is -0.118. The average molecular weight is 393 g/mol. The van der Waals surface area contributed by atoms with E-state index in [1.807, 2.05) is 42.5 Å². The first-order valence-corrected chi connectivity index (χ1v) is 9.10. The van der Waals surface area contributed by atoms with E-state index in [2.05, 4.69) is 5.32 Å². The molecule has 1 N–H and O–H groups in total. The third-order valence-electron chi connectivity index (χ3n) is 4.11. The molecule has 0 saturated heterocycles. The van der Waals surface area contributed by atoms with Gasteiger partial charge in [-0.2, -0.15) is 0 Å². The molecule has 3 aromatic rings. The molecule has 150 valence electrons. The van der Waals surface area contributed by atoms with E-state index in [0.717, 1.165) is 11.3 Å². The van der Waals surface area contributed by atoms with Crippen LogP contribution in [0.1, 0.15) is 5.56 Å². The predicted octanol–water partition coefficient (Wildman–Crippen LogP) is 4.30. The molecule has 0 aliphatic carbocycles. The van der Waals surface area contributed by atoms with E-state index in [-0.39, 0.29) is 12.5 Å².